The lowest BCUT2D eigenvalue weighted by atomic mass is 10.0. The van der Waals surface area contributed by atoms with E-state index in [0.717, 1.165) is 107 Å². The molecule has 2 amide bonds. The van der Waals surface area contributed by atoms with Gasteiger partial charge in [-0.15, -0.1) is 0 Å². The van der Waals surface area contributed by atoms with Crippen molar-refractivity contribution in [1.29, 1.82) is 0 Å². The summed E-state index contributed by atoms with van der Waals surface area (Å²) in [4.78, 5) is 30.8. The third-order valence-corrected chi connectivity index (χ3v) is 11.9. The molecule has 3 N–H and O–H groups in total. The number of carbonyl (C=O) groups is 2. The van der Waals surface area contributed by atoms with Gasteiger partial charge in [-0.1, -0.05) is 86.6 Å². The number of amides is 2. The number of alkyl halides is 1. The summed E-state index contributed by atoms with van der Waals surface area (Å²) in [7, 11) is 0. The molecule has 0 aliphatic carbocycles. The SMILES string of the molecule is Clc1cccc(N2CCNCC2)c1Cl.[2H]c1cc2c(c([2H])c1OCCCCBr)NC(=O)C([2H])([2H])C2([2H])[2H].[2H]c1cc2c(c([2H])c1OCCCCN1CCN(c3cccc(Cl)c3Cl)CC1)NC(=O)C([2H])([2H])C2([2H])[2H]. The topological polar surface area (TPSA) is 98.4 Å². The third kappa shape index (κ3) is 14.3. The summed E-state index contributed by atoms with van der Waals surface area (Å²) in [6.07, 6.45) is -7.77. The minimum absolute atomic E-state index is 0.0446. The van der Waals surface area contributed by atoms with E-state index in [1.165, 1.54) is 0 Å². The van der Waals surface area contributed by atoms with Gasteiger partial charge in [0.15, 0.2) is 0 Å². The molecule has 10 nitrogen and oxygen atoms in total. The monoisotopic (exact) mass is 986 g/mol. The molecule has 4 aromatic carbocycles. The fraction of sp³-hybridized carbons (Fsp3) is 0.435. The van der Waals surface area contributed by atoms with Crippen molar-refractivity contribution < 1.29 is 35.5 Å². The zero-order valence-electron chi connectivity index (χ0n) is 45.3. The molecule has 0 aromatic heterocycles. The normalized spacial score (nSPS) is 22.3. The van der Waals surface area contributed by atoms with Gasteiger partial charge in [-0.2, -0.15) is 0 Å². The van der Waals surface area contributed by atoms with Crippen LogP contribution < -0.4 is 35.2 Å². The Balaban J connectivity index is 0.000000199. The molecule has 4 aliphatic heterocycles. The molecule has 0 atom stereocenters. The van der Waals surface area contributed by atoms with Crippen molar-refractivity contribution in [2.45, 2.75) is 51.2 Å². The van der Waals surface area contributed by atoms with E-state index in [1.807, 2.05) is 30.3 Å². The van der Waals surface area contributed by atoms with Crippen molar-refractivity contribution in [3.05, 3.63) is 104 Å². The summed E-state index contributed by atoms with van der Waals surface area (Å²) in [5.41, 5.74) is 1.25. The second-order valence-electron chi connectivity index (χ2n) is 14.0. The predicted molar refractivity (Wildman–Crippen MR) is 257 cm³/mol. The van der Waals surface area contributed by atoms with Crippen molar-refractivity contribution >= 4 is 96.9 Å². The van der Waals surface area contributed by atoms with E-state index >= 15 is 0 Å². The second-order valence-corrected chi connectivity index (χ2v) is 16.3. The Morgan fingerprint density at radius 3 is 1.64 bits per heavy atom. The number of benzene rings is 4. The molecule has 4 aliphatic rings. The number of hydrogen-bond donors (Lipinski definition) is 3. The van der Waals surface area contributed by atoms with Crippen LogP contribution >= 0.6 is 62.3 Å². The Kier molecular flexibility index (Phi) is 13.3. The quantitative estimate of drug-likeness (QED) is 0.0900. The number of piperazine rings is 2. The summed E-state index contributed by atoms with van der Waals surface area (Å²) in [6, 6.07) is 12.6. The van der Waals surface area contributed by atoms with Crippen LogP contribution in [-0.4, -0.2) is 94.2 Å². The minimum Gasteiger partial charge on any atom is -0.494 e. The van der Waals surface area contributed by atoms with Gasteiger partial charge < -0.3 is 35.2 Å². The van der Waals surface area contributed by atoms with Gasteiger partial charge in [-0.25, -0.2) is 0 Å². The van der Waals surface area contributed by atoms with E-state index < -0.39 is 37.3 Å². The zero-order valence-corrected chi connectivity index (χ0v) is 37.9. The summed E-state index contributed by atoms with van der Waals surface area (Å²) < 4.78 is 106. The fourth-order valence-corrected chi connectivity index (χ4v) is 7.74. The number of ether oxygens (including phenoxy) is 2. The Bertz CT molecular complexity index is 2650. The summed E-state index contributed by atoms with van der Waals surface area (Å²) in [5, 5.41) is 11.0. The van der Waals surface area contributed by atoms with Crippen LogP contribution in [0.4, 0.5) is 22.7 Å². The van der Waals surface area contributed by atoms with Gasteiger partial charge in [0.2, 0.25) is 11.8 Å². The van der Waals surface area contributed by atoms with E-state index in [0.29, 0.717) is 33.1 Å². The van der Waals surface area contributed by atoms with Crippen molar-refractivity contribution in [2.24, 2.45) is 0 Å². The molecule has 4 heterocycles. The Morgan fingerprint density at radius 1 is 0.639 bits per heavy atom. The number of fused-ring (bicyclic) bond motifs is 2. The Morgan fingerprint density at radius 2 is 1.13 bits per heavy atom. The predicted octanol–water partition coefficient (Wildman–Crippen LogP) is 10.4. The van der Waals surface area contributed by atoms with Crippen molar-refractivity contribution in [2.75, 3.05) is 97.9 Å². The maximum Gasteiger partial charge on any atom is 0.224 e. The van der Waals surface area contributed by atoms with Crippen LogP contribution in [0.25, 0.3) is 0 Å². The van der Waals surface area contributed by atoms with E-state index in [-0.39, 0.29) is 64.8 Å². The Hall–Kier alpha value is -3.42. The van der Waals surface area contributed by atoms with Gasteiger partial charge in [0.05, 0.1) is 50.2 Å². The van der Waals surface area contributed by atoms with Gasteiger partial charge in [-0.05, 0) is 92.5 Å². The molecule has 15 heteroatoms. The highest BCUT2D eigenvalue weighted by atomic mass is 79.9. The van der Waals surface area contributed by atoms with Crippen LogP contribution in [0.15, 0.2) is 72.7 Å². The molecule has 4 aromatic rings. The van der Waals surface area contributed by atoms with Gasteiger partial charge in [-0.3, -0.25) is 14.5 Å². The largest absolute Gasteiger partial charge is 0.494 e. The first-order valence-corrected chi connectivity index (χ1v) is 22.6. The maximum absolute atomic E-state index is 12.1. The number of unbranched alkanes of at least 4 members (excludes halogenated alkanes) is 2. The fourth-order valence-electron chi connectivity index (χ4n) is 6.52. The van der Waals surface area contributed by atoms with Crippen molar-refractivity contribution in [1.82, 2.24) is 10.2 Å². The van der Waals surface area contributed by atoms with Crippen LogP contribution in [0.5, 0.6) is 11.5 Å². The average molecular weight is 990 g/mol. The first-order chi connectivity index (χ1) is 34.4. The lowest BCUT2D eigenvalue weighted by Gasteiger charge is -2.36. The standard InChI is InChI=1S/C23H27Cl2N3O2.C13H16BrNO2.C10H12Cl2N2/c24-19-4-3-5-21(23(19)25)28-13-11-27(12-14-28)10-1-2-15-30-18-8-6-17-7-9-22(29)26-20(17)16-18;14-7-1-2-8-17-11-5-3-10-4-6-13(16)15-12(10)9-11;11-8-2-1-3-9(10(8)12)14-6-4-13-5-7-14/h3-6,8,16H,1-2,7,9-15H2,(H,26,29);3,5,9H,1-2,4,6-8H2,(H,15,16);1-3,13H,4-7H2/i7D2,8D,9D2,16D;4D2,5D,6D2,9D;. The molecule has 0 bridgehead atoms. The number of nitrogens with one attached hydrogen (secondary N) is 3. The molecule has 328 valence electrons. The van der Waals surface area contributed by atoms with E-state index in [9.17, 15) is 9.59 Å². The number of nitrogens with zero attached hydrogens (tertiary/aromatic N) is 3. The summed E-state index contributed by atoms with van der Waals surface area (Å²) in [5.74, 6) is -2.41. The number of anilines is 4. The van der Waals surface area contributed by atoms with Crippen LogP contribution in [0.3, 0.4) is 0 Å². The number of hydrogen-bond acceptors (Lipinski definition) is 8. The number of aryl methyl sites for hydroxylation is 2. The molecule has 8 rings (SSSR count). The average Bonchev–Trinajstić information content (AvgIpc) is 3.35. The van der Waals surface area contributed by atoms with Gasteiger partial charge in [0.25, 0.3) is 0 Å². The van der Waals surface area contributed by atoms with Gasteiger partial charge >= 0.3 is 0 Å². The lowest BCUT2D eigenvalue weighted by molar-refractivity contribution is -0.117. The van der Waals surface area contributed by atoms with Crippen molar-refractivity contribution in [3.63, 3.8) is 0 Å². The maximum atomic E-state index is 12.1. The highest BCUT2D eigenvalue weighted by molar-refractivity contribution is 9.09. The van der Waals surface area contributed by atoms with E-state index in [4.69, 9.17) is 72.3 Å². The summed E-state index contributed by atoms with van der Waals surface area (Å²) in [6.45, 7) is 8.86. The molecule has 2 saturated heterocycles. The molecule has 2 fully saturated rings. The van der Waals surface area contributed by atoms with Gasteiger partial charge in [0.1, 0.15) is 11.5 Å². The number of rotatable bonds is 13. The summed E-state index contributed by atoms with van der Waals surface area (Å²) >= 11 is 27.9. The number of carbonyl (C=O) groups excluding carboxylic acids is 2. The molecule has 0 radical (unpaired) electrons. The van der Waals surface area contributed by atoms with Crippen LogP contribution in [0.1, 0.15) is 66.0 Å². The lowest BCUT2D eigenvalue weighted by Crippen LogP contribution is -2.46. The zero-order chi connectivity index (χ0) is 53.6. The first-order valence-electron chi connectivity index (χ1n) is 25.9. The minimum atomic E-state index is -2.81. The molecular formula is C46H55BrCl4N6O4. The second kappa shape index (κ2) is 24.4. The van der Waals surface area contributed by atoms with Crippen LogP contribution in [0, 0.1) is 0 Å². The Labute approximate surface area is 405 Å². The van der Waals surface area contributed by atoms with Gasteiger partial charge in [0, 0.05) is 105 Å². The molecule has 0 spiro atoms. The highest BCUT2D eigenvalue weighted by Crippen LogP contribution is 2.34. The molecule has 61 heavy (non-hydrogen) atoms. The smallest absolute Gasteiger partial charge is 0.224 e. The van der Waals surface area contributed by atoms with E-state index in [1.54, 1.807) is 6.07 Å². The van der Waals surface area contributed by atoms with E-state index in [2.05, 4.69) is 46.6 Å². The molecular weight excluding hydrogens is 922 g/mol. The van der Waals surface area contributed by atoms with Crippen LogP contribution in [0.2, 0.25) is 20.1 Å². The highest BCUT2D eigenvalue weighted by Gasteiger charge is 2.20. The van der Waals surface area contributed by atoms with Crippen molar-refractivity contribution in [3.8, 4) is 11.5 Å². The number of halogens is 5. The first kappa shape index (κ1) is 33.1. The third-order valence-electron chi connectivity index (χ3n) is 9.73. The molecule has 0 unspecified atom stereocenters. The molecule has 0 saturated carbocycles. The van der Waals surface area contributed by atoms with Crippen LogP contribution in [-0.2, 0) is 22.3 Å².